The molecule has 0 aliphatic carbocycles. The lowest BCUT2D eigenvalue weighted by atomic mass is 10.3. The van der Waals surface area contributed by atoms with Crippen LogP contribution in [0.5, 0.6) is 5.75 Å². The Morgan fingerprint density at radius 1 is 1.14 bits per heavy atom. The van der Waals surface area contributed by atoms with E-state index in [1.165, 1.54) is 19.2 Å². The molecule has 0 amide bonds. The predicted octanol–water partition coefficient (Wildman–Crippen LogP) is 4.19. The van der Waals surface area contributed by atoms with Crippen LogP contribution < -0.4 is 9.46 Å². The summed E-state index contributed by atoms with van der Waals surface area (Å²) in [4.78, 5) is -0.265. The fourth-order valence-corrected chi connectivity index (χ4v) is 4.18. The Balaban J connectivity index is 2.51. The molecule has 0 aliphatic rings. The number of hydrogen-bond acceptors (Lipinski definition) is 3. The predicted molar refractivity (Wildman–Crippen MR) is 82.9 cm³/mol. The number of sulfonamides is 1. The SMILES string of the molecule is COc1c(Br)cc(Cl)cc1S(=O)(=O)Nc1cc(F)cc(F)c1. The molecule has 22 heavy (non-hydrogen) atoms. The van der Waals surface area contributed by atoms with Gasteiger partial charge in [0.25, 0.3) is 10.0 Å². The summed E-state index contributed by atoms with van der Waals surface area (Å²) in [6.07, 6.45) is 0. The van der Waals surface area contributed by atoms with Gasteiger partial charge in [-0.2, -0.15) is 0 Å². The molecule has 0 fully saturated rings. The number of ether oxygens (including phenoxy) is 1. The zero-order valence-corrected chi connectivity index (χ0v) is 14.2. The molecular formula is C13H9BrClF2NO3S. The van der Waals surface area contributed by atoms with Gasteiger partial charge in [0.2, 0.25) is 0 Å². The van der Waals surface area contributed by atoms with Crippen molar-refractivity contribution in [1.29, 1.82) is 0 Å². The van der Waals surface area contributed by atoms with Crippen LogP contribution >= 0.6 is 27.5 Å². The van der Waals surface area contributed by atoms with E-state index in [1.807, 2.05) is 0 Å². The molecule has 0 aromatic heterocycles. The zero-order valence-electron chi connectivity index (χ0n) is 11.0. The summed E-state index contributed by atoms with van der Waals surface area (Å²) in [5, 5.41) is 0.151. The van der Waals surface area contributed by atoms with E-state index in [9.17, 15) is 17.2 Å². The Morgan fingerprint density at radius 2 is 1.73 bits per heavy atom. The second-order valence-electron chi connectivity index (χ2n) is 4.18. The first-order valence-electron chi connectivity index (χ1n) is 5.75. The van der Waals surface area contributed by atoms with E-state index in [4.69, 9.17) is 16.3 Å². The highest BCUT2D eigenvalue weighted by atomic mass is 79.9. The Morgan fingerprint density at radius 3 is 2.27 bits per heavy atom. The minimum atomic E-state index is -4.16. The van der Waals surface area contributed by atoms with E-state index in [-0.39, 0.29) is 21.4 Å². The second kappa shape index (κ2) is 6.39. The van der Waals surface area contributed by atoms with Gasteiger partial charge in [-0.05, 0) is 40.2 Å². The molecule has 0 saturated heterocycles. The summed E-state index contributed by atoms with van der Waals surface area (Å²) in [7, 11) is -2.87. The van der Waals surface area contributed by atoms with Gasteiger partial charge in [0.15, 0.2) is 5.75 Å². The zero-order chi connectivity index (χ0) is 16.5. The molecule has 0 unspecified atom stereocenters. The molecule has 0 atom stereocenters. The molecule has 2 aromatic carbocycles. The number of anilines is 1. The van der Waals surface area contributed by atoms with Crippen molar-refractivity contribution >= 4 is 43.2 Å². The van der Waals surface area contributed by atoms with Crippen LogP contribution in [0.2, 0.25) is 5.02 Å². The van der Waals surface area contributed by atoms with Crippen molar-refractivity contribution in [2.45, 2.75) is 4.90 Å². The molecular weight excluding hydrogens is 404 g/mol. The number of benzene rings is 2. The van der Waals surface area contributed by atoms with E-state index in [0.29, 0.717) is 10.5 Å². The third-order valence-electron chi connectivity index (χ3n) is 2.58. The van der Waals surface area contributed by atoms with Gasteiger partial charge in [-0.1, -0.05) is 11.6 Å². The molecule has 2 rings (SSSR count). The van der Waals surface area contributed by atoms with E-state index >= 15 is 0 Å². The molecule has 4 nitrogen and oxygen atoms in total. The number of halogens is 4. The molecule has 0 aliphatic heterocycles. The Labute approximate surface area is 139 Å². The molecule has 0 spiro atoms. The Kier molecular flexibility index (Phi) is 4.93. The average Bonchev–Trinajstić information content (AvgIpc) is 2.35. The van der Waals surface area contributed by atoms with Gasteiger partial charge < -0.3 is 4.74 Å². The largest absolute Gasteiger partial charge is 0.494 e. The summed E-state index contributed by atoms with van der Waals surface area (Å²) in [6.45, 7) is 0. The monoisotopic (exact) mass is 411 g/mol. The van der Waals surface area contributed by atoms with Crippen molar-refractivity contribution in [3.63, 3.8) is 0 Å². The summed E-state index contributed by atoms with van der Waals surface area (Å²) in [5.74, 6) is -1.79. The van der Waals surface area contributed by atoms with Crippen LogP contribution in [0.1, 0.15) is 0 Å². The summed E-state index contributed by atoms with van der Waals surface area (Å²) in [5.41, 5.74) is -0.254. The van der Waals surface area contributed by atoms with Gasteiger partial charge in [-0.25, -0.2) is 17.2 Å². The maximum atomic E-state index is 13.2. The first-order chi connectivity index (χ1) is 10.2. The summed E-state index contributed by atoms with van der Waals surface area (Å²) < 4.78 is 58.5. The molecule has 9 heteroatoms. The van der Waals surface area contributed by atoms with Crippen molar-refractivity contribution in [3.05, 3.63) is 51.5 Å². The van der Waals surface area contributed by atoms with Crippen LogP contribution in [0.25, 0.3) is 0 Å². The highest BCUT2D eigenvalue weighted by molar-refractivity contribution is 9.10. The topological polar surface area (TPSA) is 55.4 Å². The standard InChI is InChI=1S/C13H9BrClF2NO3S/c1-21-13-11(14)2-7(15)3-12(13)22(19,20)18-10-5-8(16)4-9(17)6-10/h2-6,18H,1H3. The molecule has 0 saturated carbocycles. The molecule has 0 radical (unpaired) electrons. The number of methoxy groups -OCH3 is 1. The van der Waals surface area contributed by atoms with Crippen LogP contribution in [-0.2, 0) is 10.0 Å². The van der Waals surface area contributed by atoms with E-state index in [2.05, 4.69) is 20.7 Å². The van der Waals surface area contributed by atoms with Crippen molar-refractivity contribution < 1.29 is 21.9 Å². The number of nitrogens with one attached hydrogen (secondary N) is 1. The third kappa shape index (κ3) is 3.68. The van der Waals surface area contributed by atoms with Crippen LogP contribution in [0.4, 0.5) is 14.5 Å². The van der Waals surface area contributed by atoms with Crippen LogP contribution in [0.15, 0.2) is 39.7 Å². The van der Waals surface area contributed by atoms with E-state index < -0.39 is 21.7 Å². The maximum Gasteiger partial charge on any atom is 0.265 e. The molecule has 118 valence electrons. The van der Waals surface area contributed by atoms with Gasteiger partial charge in [-0.3, -0.25) is 4.72 Å². The highest BCUT2D eigenvalue weighted by Gasteiger charge is 2.23. The molecule has 0 bridgehead atoms. The van der Waals surface area contributed by atoms with Gasteiger partial charge in [-0.15, -0.1) is 0 Å². The van der Waals surface area contributed by atoms with Crippen LogP contribution in [0, 0.1) is 11.6 Å². The Bertz CT molecular complexity index is 810. The average molecular weight is 413 g/mol. The second-order valence-corrected chi connectivity index (χ2v) is 7.12. The fraction of sp³-hybridized carbons (Fsp3) is 0.0769. The van der Waals surface area contributed by atoms with Crippen LogP contribution in [0.3, 0.4) is 0 Å². The lowest BCUT2D eigenvalue weighted by Crippen LogP contribution is -2.14. The number of rotatable bonds is 4. The Hall–Kier alpha value is -1.38. The fourth-order valence-electron chi connectivity index (χ4n) is 1.76. The van der Waals surface area contributed by atoms with Crippen molar-refractivity contribution in [2.75, 3.05) is 11.8 Å². The molecule has 0 heterocycles. The smallest absolute Gasteiger partial charge is 0.265 e. The van der Waals surface area contributed by atoms with E-state index in [1.54, 1.807) is 0 Å². The van der Waals surface area contributed by atoms with Gasteiger partial charge >= 0.3 is 0 Å². The minimum absolute atomic E-state index is 0.0220. The van der Waals surface area contributed by atoms with Gasteiger partial charge in [0.05, 0.1) is 17.3 Å². The first-order valence-corrected chi connectivity index (χ1v) is 8.40. The first kappa shape index (κ1) is 17.0. The van der Waals surface area contributed by atoms with Crippen molar-refractivity contribution in [2.24, 2.45) is 0 Å². The summed E-state index contributed by atoms with van der Waals surface area (Å²) >= 11 is 8.98. The third-order valence-corrected chi connectivity index (χ3v) is 4.78. The summed E-state index contributed by atoms with van der Waals surface area (Å²) in [6, 6.07) is 4.97. The van der Waals surface area contributed by atoms with Crippen molar-refractivity contribution in [1.82, 2.24) is 0 Å². The van der Waals surface area contributed by atoms with E-state index in [0.717, 1.165) is 12.1 Å². The van der Waals surface area contributed by atoms with Gasteiger partial charge in [0, 0.05) is 11.1 Å². The van der Waals surface area contributed by atoms with Crippen LogP contribution in [-0.4, -0.2) is 15.5 Å². The maximum absolute atomic E-state index is 13.2. The highest BCUT2D eigenvalue weighted by Crippen LogP contribution is 2.36. The minimum Gasteiger partial charge on any atom is -0.494 e. The van der Waals surface area contributed by atoms with Gasteiger partial charge in [0.1, 0.15) is 16.5 Å². The normalized spacial score (nSPS) is 11.3. The lowest BCUT2D eigenvalue weighted by Gasteiger charge is -2.13. The quantitative estimate of drug-likeness (QED) is 0.819. The molecule has 2 aromatic rings. The number of hydrogen-bond donors (Lipinski definition) is 1. The van der Waals surface area contributed by atoms with Crippen molar-refractivity contribution in [3.8, 4) is 5.75 Å². The lowest BCUT2D eigenvalue weighted by molar-refractivity contribution is 0.400. The molecule has 1 N–H and O–H groups in total.